The van der Waals surface area contributed by atoms with Crippen LogP contribution in [-0.4, -0.2) is 41.4 Å². The van der Waals surface area contributed by atoms with Crippen molar-refractivity contribution in [3.8, 4) is 11.9 Å². The Morgan fingerprint density at radius 2 is 2.16 bits per heavy atom. The lowest BCUT2D eigenvalue weighted by atomic mass is 9.74. The number of fused-ring (bicyclic) bond motifs is 5. The Labute approximate surface area is 180 Å². The monoisotopic (exact) mass is 445 g/mol. The third-order valence-electron chi connectivity index (χ3n) is 6.96. The Kier molecular flexibility index (Phi) is 4.32. The molecule has 3 aliphatic rings. The summed E-state index contributed by atoms with van der Waals surface area (Å²) in [5, 5.41) is 22.4. The van der Waals surface area contributed by atoms with Gasteiger partial charge in [0.1, 0.15) is 6.07 Å². The number of pyridine rings is 1. The number of rotatable bonds is 4. The van der Waals surface area contributed by atoms with E-state index in [-0.39, 0.29) is 17.7 Å². The molecule has 1 aromatic carbocycles. The van der Waals surface area contributed by atoms with Gasteiger partial charge in [0, 0.05) is 24.1 Å². The van der Waals surface area contributed by atoms with E-state index < -0.39 is 46.8 Å². The van der Waals surface area contributed by atoms with Gasteiger partial charge in [0.15, 0.2) is 0 Å². The topological polar surface area (TPSA) is 104 Å². The number of nitrogens with zero attached hydrogens (tertiary/aromatic N) is 2. The molecule has 2 aromatic rings. The second-order valence-electron chi connectivity index (χ2n) is 8.38. The normalized spacial score (nSPS) is 32.2. The van der Waals surface area contributed by atoms with Crippen molar-refractivity contribution in [2.24, 2.45) is 5.41 Å². The number of carbonyl (C=O) groups is 1. The lowest BCUT2D eigenvalue weighted by Crippen LogP contribution is -2.44. The predicted molar refractivity (Wildman–Crippen MR) is 104 cm³/mol. The standard InChI is InChI=1S/C22H18F3N3O4/c1-31-17-7-12(4-5-27-17)20-10-21(20,16-8-15(29)18(20)32-16)19(30)28-14-6-13(22(23,24)25)3-2-11(14)9-26/h2-7,15-16,18,29H,8,10H2,1H3,(H,28,30)/t15-,16+,18-,20+,21+/m0/s1. The van der Waals surface area contributed by atoms with Crippen LogP contribution in [0.1, 0.15) is 29.5 Å². The summed E-state index contributed by atoms with van der Waals surface area (Å²) in [6, 6.07) is 7.81. The summed E-state index contributed by atoms with van der Waals surface area (Å²) in [6.45, 7) is 0. The number of alkyl halides is 3. The SMILES string of the molecule is COc1cc([C@@]23C[C@]2(C(=O)Nc2cc(C(F)(F)F)ccc2C#N)[C@H]2C[C@H](O)[C@@H]3O2)ccn1. The molecule has 5 atom stereocenters. The fraction of sp³-hybridized carbons (Fsp3) is 0.409. The number of anilines is 1. The van der Waals surface area contributed by atoms with Crippen LogP contribution in [0, 0.1) is 16.7 Å². The van der Waals surface area contributed by atoms with E-state index in [1.54, 1.807) is 12.1 Å². The van der Waals surface area contributed by atoms with Gasteiger partial charge < -0.3 is 19.9 Å². The maximum Gasteiger partial charge on any atom is 0.416 e. The Bertz CT molecular complexity index is 1160. The number of benzene rings is 1. The molecule has 3 heterocycles. The smallest absolute Gasteiger partial charge is 0.416 e. The molecule has 32 heavy (non-hydrogen) atoms. The highest BCUT2D eigenvalue weighted by Crippen LogP contribution is 2.77. The molecular formula is C22H18F3N3O4. The van der Waals surface area contributed by atoms with Gasteiger partial charge in [0.25, 0.3) is 0 Å². The first kappa shape index (κ1) is 20.7. The number of halogens is 3. The summed E-state index contributed by atoms with van der Waals surface area (Å²) >= 11 is 0. The number of hydrogen-bond donors (Lipinski definition) is 2. The van der Waals surface area contributed by atoms with Crippen molar-refractivity contribution in [1.82, 2.24) is 4.98 Å². The first-order valence-electron chi connectivity index (χ1n) is 9.94. The number of aliphatic hydroxyl groups is 1. The molecule has 1 aliphatic carbocycles. The summed E-state index contributed by atoms with van der Waals surface area (Å²) in [4.78, 5) is 17.6. The number of nitriles is 1. The van der Waals surface area contributed by atoms with Gasteiger partial charge in [-0.25, -0.2) is 4.98 Å². The Morgan fingerprint density at radius 3 is 2.84 bits per heavy atom. The van der Waals surface area contributed by atoms with E-state index in [1.807, 2.05) is 6.07 Å². The van der Waals surface area contributed by atoms with Crippen molar-refractivity contribution in [1.29, 1.82) is 5.26 Å². The quantitative estimate of drug-likeness (QED) is 0.750. The number of nitrogens with one attached hydrogen (secondary N) is 1. The summed E-state index contributed by atoms with van der Waals surface area (Å²) in [7, 11) is 1.46. The van der Waals surface area contributed by atoms with Gasteiger partial charge in [0.05, 0.1) is 47.7 Å². The molecule has 1 amide bonds. The lowest BCUT2D eigenvalue weighted by molar-refractivity contribution is -0.137. The molecule has 2 aliphatic heterocycles. The molecule has 166 valence electrons. The lowest BCUT2D eigenvalue weighted by Gasteiger charge is -2.29. The van der Waals surface area contributed by atoms with Crippen LogP contribution >= 0.6 is 0 Å². The van der Waals surface area contributed by atoms with Crippen LogP contribution in [0.15, 0.2) is 36.5 Å². The van der Waals surface area contributed by atoms with Crippen molar-refractivity contribution in [3.63, 3.8) is 0 Å². The van der Waals surface area contributed by atoms with Gasteiger partial charge in [-0.3, -0.25) is 4.79 Å². The number of ether oxygens (including phenoxy) is 2. The summed E-state index contributed by atoms with van der Waals surface area (Å²) in [6.07, 6.45) is -4.50. The van der Waals surface area contributed by atoms with Crippen molar-refractivity contribution < 1.29 is 32.5 Å². The molecule has 5 rings (SSSR count). The minimum atomic E-state index is -4.62. The molecular weight excluding hydrogens is 427 g/mol. The number of aromatic nitrogens is 1. The van der Waals surface area contributed by atoms with Crippen molar-refractivity contribution in [2.45, 2.75) is 42.7 Å². The molecule has 2 saturated heterocycles. The predicted octanol–water partition coefficient (Wildman–Crippen LogP) is 2.78. The van der Waals surface area contributed by atoms with Gasteiger partial charge in [-0.1, -0.05) is 0 Å². The maximum atomic E-state index is 13.5. The van der Waals surface area contributed by atoms with Crippen LogP contribution in [0.5, 0.6) is 5.88 Å². The van der Waals surface area contributed by atoms with Crippen LogP contribution < -0.4 is 10.1 Å². The summed E-state index contributed by atoms with van der Waals surface area (Å²) in [5.74, 6) is -0.205. The van der Waals surface area contributed by atoms with E-state index >= 15 is 0 Å². The highest BCUT2D eigenvalue weighted by Gasteiger charge is 2.87. The number of amides is 1. The van der Waals surface area contributed by atoms with Crippen molar-refractivity contribution in [2.75, 3.05) is 12.4 Å². The molecule has 2 bridgehead atoms. The van der Waals surface area contributed by atoms with Gasteiger partial charge in [0.2, 0.25) is 11.8 Å². The average molecular weight is 445 g/mol. The number of carbonyl (C=O) groups excluding carboxylic acids is 1. The third kappa shape index (κ3) is 2.61. The molecule has 0 spiro atoms. The zero-order valence-corrected chi connectivity index (χ0v) is 16.8. The highest BCUT2D eigenvalue weighted by atomic mass is 19.4. The Balaban J connectivity index is 1.54. The van der Waals surface area contributed by atoms with E-state index in [2.05, 4.69) is 10.3 Å². The molecule has 10 heteroatoms. The Hall–Kier alpha value is -3.16. The molecule has 1 aromatic heterocycles. The zero-order chi connectivity index (χ0) is 22.9. The van der Waals surface area contributed by atoms with E-state index in [9.17, 15) is 28.3 Å². The van der Waals surface area contributed by atoms with Crippen molar-refractivity contribution >= 4 is 11.6 Å². The number of hydrogen-bond acceptors (Lipinski definition) is 6. The second kappa shape index (κ2) is 6.67. The maximum absolute atomic E-state index is 13.5. The minimum Gasteiger partial charge on any atom is -0.481 e. The van der Waals surface area contributed by atoms with Gasteiger partial charge >= 0.3 is 6.18 Å². The fourth-order valence-electron chi connectivity index (χ4n) is 5.49. The number of methoxy groups -OCH3 is 1. The van der Waals surface area contributed by atoms with Crippen LogP contribution in [0.4, 0.5) is 18.9 Å². The van der Waals surface area contributed by atoms with Gasteiger partial charge in [-0.2, -0.15) is 18.4 Å². The van der Waals surface area contributed by atoms with E-state index in [4.69, 9.17) is 9.47 Å². The average Bonchev–Trinajstić information content (AvgIpc) is 3.26. The van der Waals surface area contributed by atoms with Crippen LogP contribution in [-0.2, 0) is 21.1 Å². The fourth-order valence-corrected chi connectivity index (χ4v) is 5.49. The van der Waals surface area contributed by atoms with E-state index in [1.165, 1.54) is 13.3 Å². The van der Waals surface area contributed by atoms with Gasteiger partial charge in [-0.15, -0.1) is 0 Å². The number of aliphatic hydroxyl groups excluding tert-OH is 1. The molecule has 0 unspecified atom stereocenters. The van der Waals surface area contributed by atoms with Crippen molar-refractivity contribution in [3.05, 3.63) is 53.2 Å². The third-order valence-corrected chi connectivity index (χ3v) is 6.96. The largest absolute Gasteiger partial charge is 0.481 e. The highest BCUT2D eigenvalue weighted by molar-refractivity contribution is 6.02. The molecule has 7 nitrogen and oxygen atoms in total. The summed E-state index contributed by atoms with van der Waals surface area (Å²) < 4.78 is 50.7. The zero-order valence-electron chi connectivity index (χ0n) is 16.8. The molecule has 1 saturated carbocycles. The van der Waals surface area contributed by atoms with Crippen LogP contribution in [0.3, 0.4) is 0 Å². The van der Waals surface area contributed by atoms with Gasteiger partial charge in [-0.05, 0) is 36.2 Å². The van der Waals surface area contributed by atoms with Crippen LogP contribution in [0.2, 0.25) is 0 Å². The first-order valence-corrected chi connectivity index (χ1v) is 9.94. The van der Waals surface area contributed by atoms with E-state index in [0.717, 1.165) is 18.2 Å². The Morgan fingerprint density at radius 1 is 1.38 bits per heavy atom. The van der Waals surface area contributed by atoms with E-state index in [0.29, 0.717) is 17.9 Å². The molecule has 3 fully saturated rings. The minimum absolute atomic E-state index is 0.0799. The molecule has 0 radical (unpaired) electrons. The second-order valence-corrected chi connectivity index (χ2v) is 8.38. The molecule has 2 N–H and O–H groups in total. The summed E-state index contributed by atoms with van der Waals surface area (Å²) in [5.41, 5.74) is -2.49. The first-order chi connectivity index (χ1) is 15.2. The van der Waals surface area contributed by atoms with Crippen LogP contribution in [0.25, 0.3) is 0 Å².